The Hall–Kier alpha value is 0.415. The number of hydrogen-bond acceptors (Lipinski definition) is 0. The zero-order chi connectivity index (χ0) is 9.03. The Morgan fingerprint density at radius 1 is 1.17 bits per heavy atom. The van der Waals surface area contributed by atoms with Crippen LogP contribution in [0.5, 0.6) is 0 Å². The third-order valence-electron chi connectivity index (χ3n) is 3.12. The third kappa shape index (κ3) is 3.43. The molecular formula is C10H23BS. The predicted molar refractivity (Wildman–Crippen MR) is 64.3 cm³/mol. The zero-order valence-electron chi connectivity index (χ0n) is 8.94. The Morgan fingerprint density at radius 2 is 1.75 bits per heavy atom. The van der Waals surface area contributed by atoms with Crippen LogP contribution >= 0.6 is 10.0 Å². The van der Waals surface area contributed by atoms with Crippen LogP contribution in [0, 0.1) is 0 Å². The van der Waals surface area contributed by atoms with Crippen LogP contribution in [-0.4, -0.2) is 30.7 Å². The number of hydrogen-bond donors (Lipinski definition) is 0. The minimum absolute atomic E-state index is 0.141. The molecule has 0 spiro atoms. The Labute approximate surface area is 79.9 Å². The molecule has 1 rings (SSSR count). The van der Waals surface area contributed by atoms with E-state index in [1.165, 1.54) is 31.8 Å². The van der Waals surface area contributed by atoms with Gasteiger partial charge in [-0.2, -0.15) is 0 Å². The molecule has 0 atom stereocenters. The molecule has 0 aromatic heterocycles. The maximum atomic E-state index is 2.50. The second-order valence-electron chi connectivity index (χ2n) is 4.76. The second kappa shape index (κ2) is 4.60. The van der Waals surface area contributed by atoms with Crippen LogP contribution in [-0.2, 0) is 0 Å². The Balaban J connectivity index is 2.18. The van der Waals surface area contributed by atoms with E-state index in [0.717, 1.165) is 6.71 Å². The van der Waals surface area contributed by atoms with Crippen LogP contribution in [0.1, 0.15) is 19.8 Å². The summed E-state index contributed by atoms with van der Waals surface area (Å²) in [6.45, 7) is 3.39. The van der Waals surface area contributed by atoms with Gasteiger partial charge in [-0.25, -0.2) is 10.0 Å². The summed E-state index contributed by atoms with van der Waals surface area (Å²) in [6, 6.07) is 0. The van der Waals surface area contributed by atoms with Gasteiger partial charge in [0.15, 0.2) is 0 Å². The average molecular weight is 186 g/mol. The van der Waals surface area contributed by atoms with Crippen LogP contribution in [0.15, 0.2) is 0 Å². The number of rotatable bonds is 3. The zero-order valence-corrected chi connectivity index (χ0v) is 9.75. The van der Waals surface area contributed by atoms with E-state index >= 15 is 0 Å². The second-order valence-corrected chi connectivity index (χ2v) is 9.11. The third-order valence-corrected chi connectivity index (χ3v) is 5.81. The van der Waals surface area contributed by atoms with Crippen molar-refractivity contribution in [1.82, 2.24) is 0 Å². The molecule has 0 unspecified atom stereocenters. The fraction of sp³-hybridized carbons (Fsp3) is 1.00. The fourth-order valence-corrected chi connectivity index (χ4v) is 4.15. The van der Waals surface area contributed by atoms with Crippen molar-refractivity contribution in [2.75, 3.05) is 24.0 Å². The van der Waals surface area contributed by atoms with E-state index in [1.54, 1.807) is 11.5 Å². The van der Waals surface area contributed by atoms with Crippen molar-refractivity contribution < 1.29 is 0 Å². The highest BCUT2D eigenvalue weighted by Crippen LogP contribution is 2.46. The summed E-state index contributed by atoms with van der Waals surface area (Å²) in [5, 5.41) is 0. The Morgan fingerprint density at radius 3 is 2.25 bits per heavy atom. The summed E-state index contributed by atoms with van der Waals surface area (Å²) in [6.07, 6.45) is 12.4. The highest BCUT2D eigenvalue weighted by molar-refractivity contribution is 8.32. The lowest BCUT2D eigenvalue weighted by Gasteiger charge is -2.38. The van der Waals surface area contributed by atoms with Crippen molar-refractivity contribution in [3.05, 3.63) is 0 Å². The molecule has 1 fully saturated rings. The van der Waals surface area contributed by atoms with Gasteiger partial charge in [0, 0.05) is 0 Å². The topological polar surface area (TPSA) is 0 Å². The quantitative estimate of drug-likeness (QED) is 0.593. The largest absolute Gasteiger partial charge is 0.248 e. The monoisotopic (exact) mass is 186 g/mol. The summed E-state index contributed by atoms with van der Waals surface area (Å²) in [4.78, 5) is 0. The summed E-state index contributed by atoms with van der Waals surface area (Å²) < 4.78 is 0. The molecule has 0 saturated carbocycles. The van der Waals surface area contributed by atoms with E-state index < -0.39 is 0 Å². The van der Waals surface area contributed by atoms with Crippen molar-refractivity contribution in [1.29, 1.82) is 0 Å². The van der Waals surface area contributed by atoms with Crippen molar-refractivity contribution in [3.63, 3.8) is 0 Å². The molecule has 1 saturated heterocycles. The van der Waals surface area contributed by atoms with E-state index in [1.807, 2.05) is 0 Å². The summed E-state index contributed by atoms with van der Waals surface area (Å²) in [5.41, 5.74) is 0. The molecule has 1 aliphatic rings. The summed E-state index contributed by atoms with van der Waals surface area (Å²) in [5.74, 6) is 3.09. The highest BCUT2D eigenvalue weighted by atomic mass is 32.3. The molecule has 2 heteroatoms. The molecule has 0 N–H and O–H groups in total. The van der Waals surface area contributed by atoms with Gasteiger partial charge in [-0.1, -0.05) is 38.7 Å². The van der Waals surface area contributed by atoms with Crippen LogP contribution in [0.2, 0.25) is 19.0 Å². The van der Waals surface area contributed by atoms with E-state index in [4.69, 9.17) is 0 Å². The predicted octanol–water partition coefficient (Wildman–Crippen LogP) is 3.36. The van der Waals surface area contributed by atoms with Gasteiger partial charge in [0.05, 0.1) is 0 Å². The molecule has 0 nitrogen and oxygen atoms in total. The van der Waals surface area contributed by atoms with E-state index in [9.17, 15) is 0 Å². The Kier molecular flexibility index (Phi) is 4.02. The molecule has 0 radical (unpaired) electrons. The summed E-state index contributed by atoms with van der Waals surface area (Å²) >= 11 is 0. The smallest absolute Gasteiger partial charge is 0.141 e. The van der Waals surface area contributed by atoms with Gasteiger partial charge in [0.2, 0.25) is 0 Å². The lowest BCUT2D eigenvalue weighted by atomic mass is 9.43. The molecule has 0 aliphatic carbocycles. The van der Waals surface area contributed by atoms with Crippen LogP contribution < -0.4 is 0 Å². The molecule has 12 heavy (non-hydrogen) atoms. The van der Waals surface area contributed by atoms with Gasteiger partial charge in [-0.15, -0.1) is 0 Å². The normalized spacial score (nSPS) is 25.4. The standard InChI is InChI=1S/C10H23BS/c1-4-5-6-11-7-9-12(2,3)10-8-11/h4-10H2,1-3H3. The molecule has 0 amide bonds. The molecule has 0 bridgehead atoms. The maximum absolute atomic E-state index is 2.50. The first-order valence-electron chi connectivity index (χ1n) is 5.33. The number of unbranched alkanes of at least 4 members (excludes halogenated alkanes) is 1. The first-order valence-corrected chi connectivity index (χ1v) is 8.11. The van der Waals surface area contributed by atoms with Crippen LogP contribution in [0.3, 0.4) is 0 Å². The molecule has 1 heterocycles. The van der Waals surface area contributed by atoms with Gasteiger partial charge in [0.25, 0.3) is 0 Å². The first-order chi connectivity index (χ1) is 5.64. The average Bonchev–Trinajstić information content (AvgIpc) is 2.03. The Bertz CT molecular complexity index is 124. The fourth-order valence-electron chi connectivity index (χ4n) is 2.00. The van der Waals surface area contributed by atoms with E-state index in [2.05, 4.69) is 19.4 Å². The molecule has 0 aromatic carbocycles. The first kappa shape index (κ1) is 10.5. The van der Waals surface area contributed by atoms with Gasteiger partial charge < -0.3 is 0 Å². The van der Waals surface area contributed by atoms with E-state index in [-0.39, 0.29) is 10.0 Å². The van der Waals surface area contributed by atoms with Gasteiger partial charge in [-0.3, -0.25) is 0 Å². The van der Waals surface area contributed by atoms with Crippen LogP contribution in [0.4, 0.5) is 0 Å². The molecule has 72 valence electrons. The maximum Gasteiger partial charge on any atom is 0.141 e. The minimum atomic E-state index is -0.141. The summed E-state index contributed by atoms with van der Waals surface area (Å²) in [7, 11) is -0.141. The molecular weight excluding hydrogens is 163 g/mol. The molecule has 0 aromatic rings. The van der Waals surface area contributed by atoms with Crippen LogP contribution in [0.25, 0.3) is 0 Å². The highest BCUT2D eigenvalue weighted by Gasteiger charge is 2.24. The lowest BCUT2D eigenvalue weighted by molar-refractivity contribution is 0.867. The van der Waals surface area contributed by atoms with Crippen molar-refractivity contribution >= 4 is 16.7 Å². The SMILES string of the molecule is CCCCB1CCS(C)(C)CC1. The minimum Gasteiger partial charge on any atom is -0.248 e. The van der Waals surface area contributed by atoms with Crippen molar-refractivity contribution in [2.24, 2.45) is 0 Å². The lowest BCUT2D eigenvalue weighted by Crippen LogP contribution is -2.25. The van der Waals surface area contributed by atoms with E-state index in [0.29, 0.717) is 0 Å². The van der Waals surface area contributed by atoms with Crippen molar-refractivity contribution in [3.8, 4) is 0 Å². The van der Waals surface area contributed by atoms with Crippen molar-refractivity contribution in [2.45, 2.75) is 38.7 Å². The van der Waals surface area contributed by atoms with Gasteiger partial charge in [0.1, 0.15) is 6.71 Å². The molecule has 1 aliphatic heterocycles. The van der Waals surface area contributed by atoms with Gasteiger partial charge in [-0.05, 0) is 24.0 Å². The van der Waals surface area contributed by atoms with Gasteiger partial charge >= 0.3 is 0 Å².